The van der Waals surface area contributed by atoms with Crippen LogP contribution in [-0.4, -0.2) is 44.9 Å². The Morgan fingerprint density at radius 3 is 2.43 bits per heavy atom. The van der Waals surface area contributed by atoms with E-state index in [0.29, 0.717) is 17.9 Å². The molecule has 1 saturated heterocycles. The van der Waals surface area contributed by atoms with Gasteiger partial charge in [0.2, 0.25) is 0 Å². The number of urea groups is 1. The number of nitrogens with one attached hydrogen (secondary N) is 2. The molecular weight excluding hydrogens is 455 g/mol. The van der Waals surface area contributed by atoms with Crippen LogP contribution in [0.25, 0.3) is 11.4 Å². The molecule has 6 nitrogen and oxygen atoms in total. The molecular formula is C26H28F3N5O. The number of rotatable bonds is 4. The molecule has 35 heavy (non-hydrogen) atoms. The van der Waals surface area contributed by atoms with Gasteiger partial charge in [-0.15, -0.1) is 0 Å². The third-order valence-electron chi connectivity index (χ3n) is 7.15. The number of hydrogen-bond acceptors (Lipinski definition) is 3. The molecule has 1 unspecified atom stereocenters. The zero-order valence-corrected chi connectivity index (χ0v) is 19.7. The molecule has 0 saturated carbocycles. The van der Waals surface area contributed by atoms with E-state index in [1.807, 2.05) is 36.1 Å². The number of piperidine rings is 1. The number of nitrogens with zero attached hydrogens (tertiary/aromatic N) is 3. The number of anilines is 1. The Balaban J connectivity index is 1.24. The third-order valence-corrected chi connectivity index (χ3v) is 7.15. The number of carbonyl (C=O) groups is 1. The lowest BCUT2D eigenvalue weighted by molar-refractivity contribution is -0.137. The van der Waals surface area contributed by atoms with Crippen molar-refractivity contribution in [3.8, 4) is 11.4 Å². The van der Waals surface area contributed by atoms with Crippen LogP contribution in [0.5, 0.6) is 0 Å². The quantitative estimate of drug-likeness (QED) is 0.480. The molecule has 2 amide bonds. The van der Waals surface area contributed by atoms with Gasteiger partial charge in [0.25, 0.3) is 0 Å². The molecule has 5 rings (SSSR count). The average molecular weight is 484 g/mol. The van der Waals surface area contributed by atoms with E-state index >= 15 is 0 Å². The van der Waals surface area contributed by atoms with Gasteiger partial charge in [-0.1, -0.05) is 30.3 Å². The number of likely N-dealkylation sites (tertiary alicyclic amines) is 1. The summed E-state index contributed by atoms with van der Waals surface area (Å²) in [6, 6.07) is 13.1. The fraction of sp³-hybridized carbons (Fsp3) is 0.385. The average Bonchev–Trinajstić information content (AvgIpc) is 3.24. The standard InChI is InChI=1S/C26H28F3N5O/c1-16-23(32-24(30-16)18-7-9-20(10-8-18)26(27,28)29)17(2)33-13-11-21(12-14-33)34-15-19-5-3-4-6-22(19)31-25(34)35/h3-10,17,21H,11-15H2,1-2H3,(H,30,32)(H,31,35). The molecule has 1 atom stereocenters. The molecule has 1 fully saturated rings. The first-order valence-electron chi connectivity index (χ1n) is 11.8. The van der Waals surface area contributed by atoms with Crippen molar-refractivity contribution in [2.75, 3.05) is 18.4 Å². The van der Waals surface area contributed by atoms with Gasteiger partial charge in [0.05, 0.1) is 17.3 Å². The Bertz CT molecular complexity index is 1210. The van der Waals surface area contributed by atoms with E-state index in [1.165, 1.54) is 12.1 Å². The number of amides is 2. The van der Waals surface area contributed by atoms with Gasteiger partial charge in [-0.3, -0.25) is 4.90 Å². The number of benzene rings is 2. The minimum Gasteiger partial charge on any atom is -0.342 e. The second-order valence-electron chi connectivity index (χ2n) is 9.33. The first-order valence-corrected chi connectivity index (χ1v) is 11.8. The Morgan fingerprint density at radius 2 is 1.74 bits per heavy atom. The van der Waals surface area contributed by atoms with Crippen molar-refractivity contribution in [3.63, 3.8) is 0 Å². The molecule has 9 heteroatoms. The Kier molecular flexibility index (Phi) is 6.04. The topological polar surface area (TPSA) is 64.3 Å². The van der Waals surface area contributed by atoms with Crippen LogP contribution in [0.1, 0.15) is 48.3 Å². The van der Waals surface area contributed by atoms with Gasteiger partial charge in [0.1, 0.15) is 5.82 Å². The number of aromatic nitrogens is 2. The number of imidazole rings is 1. The Labute approximate surface area is 202 Å². The predicted octanol–water partition coefficient (Wildman–Crippen LogP) is 5.98. The molecule has 1 aromatic heterocycles. The number of hydrogen-bond donors (Lipinski definition) is 2. The maximum Gasteiger partial charge on any atom is 0.416 e. The monoisotopic (exact) mass is 483 g/mol. The predicted molar refractivity (Wildman–Crippen MR) is 128 cm³/mol. The minimum atomic E-state index is -4.36. The van der Waals surface area contributed by atoms with E-state index in [0.717, 1.165) is 60.7 Å². The van der Waals surface area contributed by atoms with Crippen LogP contribution in [0.4, 0.5) is 23.7 Å². The SMILES string of the molecule is Cc1[nH]c(-c2ccc(C(F)(F)F)cc2)nc1C(C)N1CCC(N2Cc3ccccc3NC2=O)CC1. The van der Waals surface area contributed by atoms with E-state index < -0.39 is 11.7 Å². The van der Waals surface area contributed by atoms with E-state index in [1.54, 1.807) is 0 Å². The molecule has 2 aliphatic rings. The lowest BCUT2D eigenvalue weighted by Gasteiger charge is -2.42. The number of alkyl halides is 3. The summed E-state index contributed by atoms with van der Waals surface area (Å²) in [5.41, 5.74) is 3.76. The van der Waals surface area contributed by atoms with Gasteiger partial charge < -0.3 is 15.2 Å². The second kappa shape index (κ2) is 9.03. The largest absolute Gasteiger partial charge is 0.416 e. The summed E-state index contributed by atoms with van der Waals surface area (Å²) in [5.74, 6) is 0.566. The Hall–Kier alpha value is -3.33. The van der Waals surface area contributed by atoms with Gasteiger partial charge in [0.15, 0.2) is 0 Å². The van der Waals surface area contributed by atoms with Crippen LogP contribution in [0, 0.1) is 6.92 Å². The van der Waals surface area contributed by atoms with Gasteiger partial charge in [0, 0.05) is 42.6 Å². The van der Waals surface area contributed by atoms with Crippen LogP contribution >= 0.6 is 0 Å². The molecule has 3 aromatic rings. The van der Waals surface area contributed by atoms with Crippen LogP contribution in [0.3, 0.4) is 0 Å². The minimum absolute atomic E-state index is 0.0421. The molecule has 2 N–H and O–H groups in total. The number of carbonyl (C=O) groups excluding carboxylic acids is 1. The highest BCUT2D eigenvalue weighted by Crippen LogP contribution is 2.33. The van der Waals surface area contributed by atoms with E-state index in [9.17, 15) is 18.0 Å². The Morgan fingerprint density at radius 1 is 1.06 bits per heavy atom. The van der Waals surface area contributed by atoms with Crippen LogP contribution < -0.4 is 5.32 Å². The van der Waals surface area contributed by atoms with Crippen molar-refractivity contribution in [2.24, 2.45) is 0 Å². The number of aromatic amines is 1. The van der Waals surface area contributed by atoms with Crippen molar-refractivity contribution < 1.29 is 18.0 Å². The zero-order chi connectivity index (χ0) is 24.7. The lowest BCUT2D eigenvalue weighted by atomic mass is 9.99. The smallest absolute Gasteiger partial charge is 0.342 e. The molecule has 0 radical (unpaired) electrons. The number of H-pyrrole nitrogens is 1. The first kappa shape index (κ1) is 23.4. The van der Waals surface area contributed by atoms with Crippen LogP contribution in [0.15, 0.2) is 48.5 Å². The van der Waals surface area contributed by atoms with Gasteiger partial charge in [-0.05, 0) is 50.5 Å². The van der Waals surface area contributed by atoms with Crippen molar-refractivity contribution in [1.82, 2.24) is 19.8 Å². The normalized spacial score (nSPS) is 18.3. The van der Waals surface area contributed by atoms with E-state index in [4.69, 9.17) is 4.98 Å². The van der Waals surface area contributed by atoms with Gasteiger partial charge >= 0.3 is 12.2 Å². The zero-order valence-electron chi connectivity index (χ0n) is 19.7. The molecule has 3 heterocycles. The van der Waals surface area contributed by atoms with Crippen LogP contribution in [0.2, 0.25) is 0 Å². The van der Waals surface area contributed by atoms with Gasteiger partial charge in [-0.2, -0.15) is 13.2 Å². The van der Waals surface area contributed by atoms with Crippen LogP contribution in [-0.2, 0) is 12.7 Å². The highest BCUT2D eigenvalue weighted by Gasteiger charge is 2.34. The number of aryl methyl sites for hydroxylation is 1. The second-order valence-corrected chi connectivity index (χ2v) is 9.33. The molecule has 0 aliphatic carbocycles. The summed E-state index contributed by atoms with van der Waals surface area (Å²) in [6.45, 7) is 6.33. The summed E-state index contributed by atoms with van der Waals surface area (Å²) in [5, 5.41) is 3.00. The fourth-order valence-corrected chi connectivity index (χ4v) is 5.11. The van der Waals surface area contributed by atoms with E-state index in [2.05, 4.69) is 22.1 Å². The van der Waals surface area contributed by atoms with Crippen molar-refractivity contribution in [3.05, 3.63) is 71.0 Å². The summed E-state index contributed by atoms with van der Waals surface area (Å²) in [7, 11) is 0. The maximum atomic E-state index is 12.9. The number of halogens is 3. The molecule has 0 spiro atoms. The lowest BCUT2D eigenvalue weighted by Crippen LogP contribution is -2.50. The molecule has 184 valence electrons. The van der Waals surface area contributed by atoms with Crippen molar-refractivity contribution in [2.45, 2.75) is 51.5 Å². The highest BCUT2D eigenvalue weighted by molar-refractivity contribution is 5.92. The first-order chi connectivity index (χ1) is 16.7. The molecule has 2 aromatic carbocycles. The molecule has 0 bridgehead atoms. The number of fused-ring (bicyclic) bond motifs is 1. The third kappa shape index (κ3) is 4.65. The number of para-hydroxylation sites is 1. The van der Waals surface area contributed by atoms with Gasteiger partial charge in [-0.25, -0.2) is 9.78 Å². The summed E-state index contributed by atoms with van der Waals surface area (Å²) < 4.78 is 38.6. The van der Waals surface area contributed by atoms with E-state index in [-0.39, 0.29) is 18.1 Å². The summed E-state index contributed by atoms with van der Waals surface area (Å²) in [6.07, 6.45) is -2.62. The highest BCUT2D eigenvalue weighted by atomic mass is 19.4. The van der Waals surface area contributed by atoms with Crippen molar-refractivity contribution in [1.29, 1.82) is 0 Å². The molecule has 2 aliphatic heterocycles. The fourth-order valence-electron chi connectivity index (χ4n) is 5.11. The summed E-state index contributed by atoms with van der Waals surface area (Å²) in [4.78, 5) is 24.9. The van der Waals surface area contributed by atoms with Crippen molar-refractivity contribution >= 4 is 11.7 Å². The maximum absolute atomic E-state index is 12.9. The summed E-state index contributed by atoms with van der Waals surface area (Å²) >= 11 is 0.